The molecule has 0 radical (unpaired) electrons. The molecule has 1 aromatic carbocycles. The second-order valence-corrected chi connectivity index (χ2v) is 4.55. The number of methoxy groups -OCH3 is 1. The number of anilines is 2. The lowest BCUT2D eigenvalue weighted by Crippen LogP contribution is -2.32. The predicted molar refractivity (Wildman–Crippen MR) is 87.5 cm³/mol. The molecular formula is C16H17N5O2. The summed E-state index contributed by atoms with van der Waals surface area (Å²) in [7, 11) is 1.55. The Labute approximate surface area is 134 Å². The van der Waals surface area contributed by atoms with E-state index in [1.54, 1.807) is 31.4 Å². The van der Waals surface area contributed by atoms with Crippen molar-refractivity contribution in [2.24, 2.45) is 0 Å². The summed E-state index contributed by atoms with van der Waals surface area (Å²) in [6.07, 6.45) is 1.49. The summed E-state index contributed by atoms with van der Waals surface area (Å²) < 4.78 is 5.16. The maximum atomic E-state index is 11.8. The maximum Gasteiger partial charge on any atom is 0.319 e. The van der Waals surface area contributed by atoms with E-state index in [1.165, 1.54) is 6.20 Å². The van der Waals surface area contributed by atoms with Crippen LogP contribution in [-0.2, 0) is 0 Å². The molecule has 118 valence electrons. The molecule has 7 nitrogen and oxygen atoms in total. The van der Waals surface area contributed by atoms with Crippen molar-refractivity contribution in [3.05, 3.63) is 48.2 Å². The highest BCUT2D eigenvalue weighted by Crippen LogP contribution is 2.22. The van der Waals surface area contributed by atoms with Gasteiger partial charge in [0.25, 0.3) is 0 Å². The van der Waals surface area contributed by atoms with Crippen LogP contribution >= 0.6 is 0 Å². The number of rotatable bonds is 6. The maximum absolute atomic E-state index is 11.8. The molecule has 2 amide bonds. The van der Waals surface area contributed by atoms with Crippen molar-refractivity contribution in [2.45, 2.75) is 0 Å². The number of para-hydroxylation sites is 2. The van der Waals surface area contributed by atoms with Gasteiger partial charge in [0.05, 0.1) is 18.4 Å². The Morgan fingerprint density at radius 3 is 2.78 bits per heavy atom. The van der Waals surface area contributed by atoms with Gasteiger partial charge in [-0.05, 0) is 24.3 Å². The van der Waals surface area contributed by atoms with Crippen LogP contribution in [0.4, 0.5) is 16.3 Å². The molecule has 0 atom stereocenters. The third-order valence-electron chi connectivity index (χ3n) is 2.96. The molecule has 1 heterocycles. The topological polar surface area (TPSA) is 99.1 Å². The molecule has 0 spiro atoms. The Bertz CT molecular complexity index is 694. The van der Waals surface area contributed by atoms with Crippen LogP contribution in [0.1, 0.15) is 5.56 Å². The normalized spacial score (nSPS) is 9.57. The van der Waals surface area contributed by atoms with Gasteiger partial charge in [-0.3, -0.25) is 0 Å². The first-order valence-electron chi connectivity index (χ1n) is 7.01. The Morgan fingerprint density at radius 2 is 2.09 bits per heavy atom. The van der Waals surface area contributed by atoms with Gasteiger partial charge in [0.2, 0.25) is 0 Å². The first kappa shape index (κ1) is 16.1. The molecule has 0 aliphatic rings. The molecule has 0 fully saturated rings. The molecular weight excluding hydrogens is 294 g/mol. The highest BCUT2D eigenvalue weighted by atomic mass is 16.5. The largest absolute Gasteiger partial charge is 0.495 e. The van der Waals surface area contributed by atoms with E-state index >= 15 is 0 Å². The van der Waals surface area contributed by atoms with Gasteiger partial charge < -0.3 is 20.7 Å². The summed E-state index contributed by atoms with van der Waals surface area (Å²) in [5.74, 6) is 1.25. The van der Waals surface area contributed by atoms with Gasteiger partial charge in [-0.2, -0.15) is 5.26 Å². The highest BCUT2D eigenvalue weighted by Gasteiger charge is 2.05. The zero-order chi connectivity index (χ0) is 16.5. The van der Waals surface area contributed by atoms with Crippen molar-refractivity contribution >= 4 is 17.5 Å². The summed E-state index contributed by atoms with van der Waals surface area (Å²) in [5, 5.41) is 17.2. The van der Waals surface area contributed by atoms with E-state index in [0.717, 1.165) is 0 Å². The molecule has 0 saturated heterocycles. The Kier molecular flexibility index (Phi) is 5.77. The number of amides is 2. The summed E-state index contributed by atoms with van der Waals surface area (Å²) in [6, 6.07) is 12.3. The third-order valence-corrected chi connectivity index (χ3v) is 2.96. The van der Waals surface area contributed by atoms with Gasteiger partial charge in [0.15, 0.2) is 0 Å². The van der Waals surface area contributed by atoms with Gasteiger partial charge in [0.1, 0.15) is 17.6 Å². The van der Waals surface area contributed by atoms with Crippen LogP contribution < -0.4 is 20.7 Å². The highest BCUT2D eigenvalue weighted by molar-refractivity contribution is 5.90. The lowest BCUT2D eigenvalue weighted by atomic mass is 10.3. The lowest BCUT2D eigenvalue weighted by Gasteiger charge is -2.11. The fourth-order valence-electron chi connectivity index (χ4n) is 1.85. The van der Waals surface area contributed by atoms with Gasteiger partial charge in [-0.25, -0.2) is 9.78 Å². The van der Waals surface area contributed by atoms with Crippen LogP contribution in [0.3, 0.4) is 0 Å². The Balaban J connectivity index is 1.73. The second-order valence-electron chi connectivity index (χ2n) is 4.55. The van der Waals surface area contributed by atoms with Gasteiger partial charge >= 0.3 is 6.03 Å². The van der Waals surface area contributed by atoms with Crippen LogP contribution in [-0.4, -0.2) is 31.2 Å². The molecule has 0 unspecified atom stereocenters. The van der Waals surface area contributed by atoms with Crippen LogP contribution in [0.5, 0.6) is 5.75 Å². The van der Waals surface area contributed by atoms with Crippen molar-refractivity contribution in [1.29, 1.82) is 5.26 Å². The minimum atomic E-state index is -0.316. The zero-order valence-corrected chi connectivity index (χ0v) is 12.7. The van der Waals surface area contributed by atoms with Crippen molar-refractivity contribution in [3.63, 3.8) is 0 Å². The van der Waals surface area contributed by atoms with Crippen LogP contribution in [0.25, 0.3) is 0 Å². The second kappa shape index (κ2) is 8.24. The van der Waals surface area contributed by atoms with Crippen molar-refractivity contribution in [1.82, 2.24) is 10.3 Å². The van der Waals surface area contributed by atoms with Crippen LogP contribution in [0.2, 0.25) is 0 Å². The standard InChI is InChI=1S/C16H17N5O2/c1-23-14-5-3-2-4-13(14)21-16(22)19-9-8-18-15-7-6-12(10-17)11-20-15/h2-7,11H,8-9H2,1H3,(H,18,20)(H2,19,21,22). The van der Waals surface area contributed by atoms with Crippen molar-refractivity contribution < 1.29 is 9.53 Å². The van der Waals surface area contributed by atoms with Gasteiger partial charge in [0, 0.05) is 19.3 Å². The number of carbonyl (C=O) groups excluding carboxylic acids is 1. The molecule has 3 N–H and O–H groups in total. The number of hydrogen-bond acceptors (Lipinski definition) is 5. The lowest BCUT2D eigenvalue weighted by molar-refractivity contribution is 0.252. The smallest absolute Gasteiger partial charge is 0.319 e. The zero-order valence-electron chi connectivity index (χ0n) is 12.7. The molecule has 0 aliphatic carbocycles. The first-order valence-corrected chi connectivity index (χ1v) is 7.01. The third kappa shape index (κ3) is 4.89. The number of nitriles is 1. The Hall–Kier alpha value is -3.27. The van der Waals surface area contributed by atoms with E-state index in [2.05, 4.69) is 20.9 Å². The van der Waals surface area contributed by atoms with E-state index in [4.69, 9.17) is 10.00 Å². The van der Waals surface area contributed by atoms with Crippen molar-refractivity contribution in [2.75, 3.05) is 30.8 Å². The fraction of sp³-hybridized carbons (Fsp3) is 0.188. The molecule has 2 rings (SSSR count). The number of nitrogens with one attached hydrogen (secondary N) is 3. The SMILES string of the molecule is COc1ccccc1NC(=O)NCCNc1ccc(C#N)cn1. The fourth-order valence-corrected chi connectivity index (χ4v) is 1.85. The van der Waals surface area contributed by atoms with E-state index in [-0.39, 0.29) is 6.03 Å². The minimum absolute atomic E-state index is 0.316. The average Bonchev–Trinajstić information content (AvgIpc) is 2.59. The number of carbonyl (C=O) groups is 1. The first-order chi connectivity index (χ1) is 11.2. The minimum Gasteiger partial charge on any atom is -0.495 e. The molecule has 7 heteroatoms. The predicted octanol–water partition coefficient (Wildman–Crippen LogP) is 2.20. The average molecular weight is 311 g/mol. The molecule has 0 bridgehead atoms. The number of pyridine rings is 1. The summed E-state index contributed by atoms with van der Waals surface area (Å²) >= 11 is 0. The van der Waals surface area contributed by atoms with Crippen molar-refractivity contribution in [3.8, 4) is 11.8 Å². The number of hydrogen-bond donors (Lipinski definition) is 3. The molecule has 23 heavy (non-hydrogen) atoms. The summed E-state index contributed by atoms with van der Waals surface area (Å²) in [5.41, 5.74) is 1.11. The summed E-state index contributed by atoms with van der Waals surface area (Å²) in [6.45, 7) is 0.931. The van der Waals surface area contributed by atoms with E-state index in [9.17, 15) is 4.79 Å². The number of nitrogens with zero attached hydrogens (tertiary/aromatic N) is 2. The number of aromatic nitrogens is 1. The van der Waals surface area contributed by atoms with E-state index in [0.29, 0.717) is 35.9 Å². The van der Waals surface area contributed by atoms with E-state index in [1.807, 2.05) is 18.2 Å². The van der Waals surface area contributed by atoms with Gasteiger partial charge in [-0.1, -0.05) is 12.1 Å². The summed E-state index contributed by atoms with van der Waals surface area (Å²) in [4.78, 5) is 15.9. The number of benzene rings is 1. The van der Waals surface area contributed by atoms with Gasteiger partial charge in [-0.15, -0.1) is 0 Å². The molecule has 2 aromatic rings. The number of ether oxygens (including phenoxy) is 1. The molecule has 1 aromatic heterocycles. The van der Waals surface area contributed by atoms with E-state index < -0.39 is 0 Å². The Morgan fingerprint density at radius 1 is 1.26 bits per heavy atom. The molecule has 0 aliphatic heterocycles. The van der Waals surface area contributed by atoms with Crippen LogP contribution in [0.15, 0.2) is 42.6 Å². The van der Waals surface area contributed by atoms with Crippen LogP contribution in [0, 0.1) is 11.3 Å². The number of urea groups is 1. The molecule has 0 saturated carbocycles. The monoisotopic (exact) mass is 311 g/mol. The quantitative estimate of drug-likeness (QED) is 0.710.